The number of rotatable bonds is 5. The molecule has 0 radical (unpaired) electrons. The molecule has 3 atom stereocenters. The molecule has 1 saturated heterocycles. The first-order chi connectivity index (χ1) is 10.8. The fourth-order valence-corrected chi connectivity index (χ4v) is 3.42. The van der Waals surface area contributed by atoms with Crippen LogP contribution in [0, 0.1) is 5.82 Å². The number of carbonyl (C=O) groups is 1. The third kappa shape index (κ3) is 3.76. The van der Waals surface area contributed by atoms with Crippen LogP contribution < -0.4 is 5.73 Å². The minimum absolute atomic E-state index is 0.0610. The number of benzene rings is 1. The summed E-state index contributed by atoms with van der Waals surface area (Å²) in [6, 6.07) is 1.98. The van der Waals surface area contributed by atoms with E-state index in [1.165, 1.54) is 17.0 Å². The lowest BCUT2D eigenvalue weighted by atomic mass is 10.0. The van der Waals surface area contributed by atoms with Gasteiger partial charge in [0.2, 0.25) is 5.91 Å². The molecule has 2 rings (SSSR count). The molecule has 1 aromatic carbocycles. The van der Waals surface area contributed by atoms with E-state index in [1.807, 2.05) is 0 Å². The lowest BCUT2D eigenvalue weighted by Crippen LogP contribution is -2.45. The maximum Gasteiger partial charge on any atom is 0.231 e. The van der Waals surface area contributed by atoms with E-state index in [9.17, 15) is 19.4 Å². The zero-order chi connectivity index (χ0) is 17.3. The van der Waals surface area contributed by atoms with E-state index < -0.39 is 30.3 Å². The van der Waals surface area contributed by atoms with Gasteiger partial charge in [0.05, 0.1) is 6.54 Å². The molecule has 1 aromatic rings. The van der Waals surface area contributed by atoms with Crippen LogP contribution in [0.4, 0.5) is 4.39 Å². The Morgan fingerprint density at radius 3 is 2.74 bits per heavy atom. The van der Waals surface area contributed by atoms with E-state index in [2.05, 4.69) is 0 Å². The second kappa shape index (κ2) is 7.29. The summed E-state index contributed by atoms with van der Waals surface area (Å²) in [5, 5.41) is 20.5. The molecule has 4 N–H and O–H groups in total. The van der Waals surface area contributed by atoms with Crippen LogP contribution in [-0.2, 0) is 10.7 Å². The molecule has 0 aromatic heterocycles. The highest BCUT2D eigenvalue weighted by Gasteiger charge is 2.41. The second-order valence-electron chi connectivity index (χ2n) is 5.43. The molecule has 1 heterocycles. The van der Waals surface area contributed by atoms with Crippen molar-refractivity contribution in [1.29, 1.82) is 0 Å². The summed E-state index contributed by atoms with van der Waals surface area (Å²) >= 11 is 11.9. The number of aliphatic hydroxyl groups is 2. The van der Waals surface area contributed by atoms with Crippen molar-refractivity contribution < 1.29 is 19.4 Å². The topological polar surface area (TPSA) is 90.0 Å². The van der Waals surface area contributed by atoms with Gasteiger partial charge in [-0.1, -0.05) is 11.6 Å². The number of nitrogens with two attached hydrogens (primary N) is 1. The Kier molecular flexibility index (Phi) is 5.83. The minimum Gasteiger partial charge on any atom is -0.377 e. The highest BCUT2D eigenvalue weighted by molar-refractivity contribution is 6.32. The first-order valence-corrected chi connectivity index (χ1v) is 7.87. The van der Waals surface area contributed by atoms with Crippen LogP contribution in [0.2, 0.25) is 5.02 Å². The van der Waals surface area contributed by atoms with Crippen molar-refractivity contribution in [2.45, 2.75) is 31.4 Å². The maximum atomic E-state index is 13.7. The van der Waals surface area contributed by atoms with Gasteiger partial charge in [0.1, 0.15) is 12.0 Å². The molecule has 1 fully saturated rings. The molecule has 9 heteroatoms. The van der Waals surface area contributed by atoms with Crippen LogP contribution in [0.3, 0.4) is 0 Å². The number of hydrogen-bond donors (Lipinski definition) is 3. The Hall–Kier alpha value is -0.960. The minimum atomic E-state index is -1.24. The van der Waals surface area contributed by atoms with Gasteiger partial charge in [-0.15, -0.1) is 11.6 Å². The van der Waals surface area contributed by atoms with E-state index in [-0.39, 0.29) is 24.0 Å². The molecule has 23 heavy (non-hydrogen) atoms. The summed E-state index contributed by atoms with van der Waals surface area (Å²) in [6.45, 7) is 1.49. The van der Waals surface area contributed by atoms with Crippen LogP contribution in [0.25, 0.3) is 0 Å². The maximum absolute atomic E-state index is 13.7. The van der Waals surface area contributed by atoms with Crippen LogP contribution in [0.15, 0.2) is 12.1 Å². The quantitative estimate of drug-likeness (QED) is 0.676. The molecule has 0 bridgehead atoms. The molecule has 1 amide bonds. The van der Waals surface area contributed by atoms with Gasteiger partial charge in [0.15, 0.2) is 6.35 Å². The standard InChI is InChI=1S/C14H18Cl2FN3O3/c1-7(9-2-8(17)3-11(16)10(9)4-15)19-6-13(22)20(14(19)23)5-12(18)21/h2-3,7,13-14,22-23H,4-6H2,1H3,(H2,18,21)/t7-,13-,14-/m0/s1. The Balaban J connectivity index is 2.31. The highest BCUT2D eigenvalue weighted by Crippen LogP contribution is 2.34. The van der Waals surface area contributed by atoms with Crippen molar-refractivity contribution in [1.82, 2.24) is 9.80 Å². The molecular formula is C14H18Cl2FN3O3. The van der Waals surface area contributed by atoms with E-state index in [0.717, 1.165) is 4.90 Å². The number of carbonyl (C=O) groups excluding carboxylic acids is 1. The molecule has 1 aliphatic heterocycles. The van der Waals surface area contributed by atoms with Gasteiger partial charge in [0, 0.05) is 23.5 Å². The fraction of sp³-hybridized carbons (Fsp3) is 0.500. The average Bonchev–Trinajstić information content (AvgIpc) is 2.73. The average molecular weight is 366 g/mol. The molecule has 6 nitrogen and oxygen atoms in total. The third-order valence-corrected chi connectivity index (χ3v) is 4.57. The molecule has 0 saturated carbocycles. The summed E-state index contributed by atoms with van der Waals surface area (Å²) < 4.78 is 13.7. The van der Waals surface area contributed by atoms with E-state index in [1.54, 1.807) is 6.92 Å². The van der Waals surface area contributed by atoms with Gasteiger partial charge in [-0.2, -0.15) is 0 Å². The molecule has 128 valence electrons. The van der Waals surface area contributed by atoms with E-state index in [4.69, 9.17) is 28.9 Å². The first kappa shape index (κ1) is 18.4. The molecule has 0 unspecified atom stereocenters. The number of alkyl halides is 1. The summed E-state index contributed by atoms with van der Waals surface area (Å²) in [5.74, 6) is -1.11. The number of halogens is 3. The fourth-order valence-electron chi connectivity index (χ4n) is 2.77. The van der Waals surface area contributed by atoms with Gasteiger partial charge in [-0.25, -0.2) is 9.29 Å². The molecule has 1 aliphatic rings. The molecular weight excluding hydrogens is 348 g/mol. The summed E-state index contributed by atoms with van der Waals surface area (Å²) in [6.07, 6.45) is -2.30. The van der Waals surface area contributed by atoms with Gasteiger partial charge >= 0.3 is 0 Å². The van der Waals surface area contributed by atoms with Gasteiger partial charge in [-0.05, 0) is 30.2 Å². The van der Waals surface area contributed by atoms with Crippen LogP contribution >= 0.6 is 23.2 Å². The van der Waals surface area contributed by atoms with Crippen molar-refractivity contribution in [2.75, 3.05) is 13.1 Å². The lowest BCUT2D eigenvalue weighted by Gasteiger charge is -2.30. The monoisotopic (exact) mass is 365 g/mol. The number of nitrogens with zero attached hydrogens (tertiary/aromatic N) is 2. The normalized spacial score (nSPS) is 24.1. The van der Waals surface area contributed by atoms with E-state index in [0.29, 0.717) is 11.1 Å². The summed E-state index contributed by atoms with van der Waals surface area (Å²) in [7, 11) is 0. The molecule has 0 spiro atoms. The van der Waals surface area contributed by atoms with Crippen molar-refractivity contribution in [3.8, 4) is 0 Å². The largest absolute Gasteiger partial charge is 0.377 e. The van der Waals surface area contributed by atoms with Crippen molar-refractivity contribution in [2.24, 2.45) is 5.73 Å². The van der Waals surface area contributed by atoms with Crippen LogP contribution in [0.1, 0.15) is 24.1 Å². The number of hydrogen-bond acceptors (Lipinski definition) is 5. The first-order valence-electron chi connectivity index (χ1n) is 6.96. The Labute approximate surface area is 143 Å². The smallest absolute Gasteiger partial charge is 0.231 e. The zero-order valence-electron chi connectivity index (χ0n) is 12.4. The lowest BCUT2D eigenvalue weighted by molar-refractivity contribution is -0.133. The van der Waals surface area contributed by atoms with E-state index >= 15 is 0 Å². The number of primary amides is 1. The van der Waals surface area contributed by atoms with Gasteiger partial charge < -0.3 is 15.9 Å². The second-order valence-corrected chi connectivity index (χ2v) is 6.10. The Morgan fingerprint density at radius 1 is 1.52 bits per heavy atom. The SMILES string of the molecule is C[C@@H](c1cc(F)cc(Cl)c1CCl)N1C[C@H](O)N(CC(N)=O)[C@H]1O. The van der Waals surface area contributed by atoms with Crippen molar-refractivity contribution in [3.05, 3.63) is 34.1 Å². The van der Waals surface area contributed by atoms with Crippen LogP contribution in [-0.4, -0.2) is 51.6 Å². The molecule has 0 aliphatic carbocycles. The van der Waals surface area contributed by atoms with Gasteiger partial charge in [-0.3, -0.25) is 9.69 Å². The van der Waals surface area contributed by atoms with Crippen molar-refractivity contribution in [3.63, 3.8) is 0 Å². The predicted octanol–water partition coefficient (Wildman–Crippen LogP) is 0.976. The summed E-state index contributed by atoms with van der Waals surface area (Å²) in [5.41, 5.74) is 6.17. The zero-order valence-corrected chi connectivity index (χ0v) is 13.9. The van der Waals surface area contributed by atoms with Crippen LogP contribution in [0.5, 0.6) is 0 Å². The Bertz CT molecular complexity index is 605. The third-order valence-electron chi connectivity index (χ3n) is 3.96. The Morgan fingerprint density at radius 2 is 2.17 bits per heavy atom. The summed E-state index contributed by atoms with van der Waals surface area (Å²) in [4.78, 5) is 13.7. The van der Waals surface area contributed by atoms with Gasteiger partial charge in [0.25, 0.3) is 0 Å². The highest BCUT2D eigenvalue weighted by atomic mass is 35.5. The number of amides is 1. The number of β-amino-alcohol motifs (C(OH)–C–C–N with tert-alkyl or cyclic N) is 1. The predicted molar refractivity (Wildman–Crippen MR) is 84.0 cm³/mol. The van der Waals surface area contributed by atoms with Crippen molar-refractivity contribution >= 4 is 29.1 Å². The number of aliphatic hydroxyl groups excluding tert-OH is 2.